The Morgan fingerprint density at radius 1 is 1.12 bits per heavy atom. The van der Waals surface area contributed by atoms with Crippen LogP contribution in [-0.2, 0) is 20.6 Å². The highest BCUT2D eigenvalue weighted by Crippen LogP contribution is 2.21. The van der Waals surface area contributed by atoms with Crippen molar-refractivity contribution < 1.29 is 19.0 Å². The van der Waals surface area contributed by atoms with Crippen LogP contribution in [0.1, 0.15) is 12.5 Å². The molecule has 1 aromatic heterocycles. The molecule has 0 bridgehead atoms. The molecule has 0 unspecified atom stereocenters. The fourth-order valence-electron chi connectivity index (χ4n) is 2.24. The lowest BCUT2D eigenvalue weighted by Gasteiger charge is -2.16. The van der Waals surface area contributed by atoms with Gasteiger partial charge < -0.3 is 19.1 Å². The van der Waals surface area contributed by atoms with Gasteiger partial charge in [0.25, 0.3) is 0 Å². The van der Waals surface area contributed by atoms with Crippen molar-refractivity contribution in [2.75, 3.05) is 46.6 Å². The van der Waals surface area contributed by atoms with Crippen LogP contribution in [0.25, 0.3) is 10.1 Å². The van der Waals surface area contributed by atoms with E-state index in [1.165, 1.54) is 15.6 Å². The van der Waals surface area contributed by atoms with Crippen LogP contribution in [0.4, 0.5) is 4.79 Å². The molecular weight excluding hydrogens is 326 g/mol. The van der Waals surface area contributed by atoms with E-state index in [-0.39, 0.29) is 0 Å². The van der Waals surface area contributed by atoms with Gasteiger partial charge in [0.1, 0.15) is 6.61 Å². The third kappa shape index (κ3) is 6.47. The largest absolute Gasteiger partial charge is 0.508 e. The van der Waals surface area contributed by atoms with Crippen LogP contribution in [0.15, 0.2) is 29.6 Å². The van der Waals surface area contributed by atoms with E-state index in [0.29, 0.717) is 33.0 Å². The van der Waals surface area contributed by atoms with Gasteiger partial charge in [0.05, 0.1) is 19.8 Å². The van der Waals surface area contributed by atoms with E-state index < -0.39 is 6.16 Å². The Hall–Kier alpha value is -1.63. The van der Waals surface area contributed by atoms with Crippen LogP contribution in [0.2, 0.25) is 0 Å². The summed E-state index contributed by atoms with van der Waals surface area (Å²) in [5.41, 5.74) is 1.30. The average molecular weight is 351 g/mol. The normalized spacial score (nSPS) is 11.1. The highest BCUT2D eigenvalue weighted by atomic mass is 32.1. The number of carbonyl (C=O) groups excluding carboxylic acids is 1. The summed E-state index contributed by atoms with van der Waals surface area (Å²) in [6.07, 6.45) is 0.311. The third-order valence-electron chi connectivity index (χ3n) is 3.62. The van der Waals surface area contributed by atoms with Crippen molar-refractivity contribution in [2.45, 2.75) is 13.3 Å². The van der Waals surface area contributed by atoms with Crippen LogP contribution in [-0.4, -0.2) is 57.6 Å². The molecule has 6 heteroatoms. The Balaban J connectivity index is 1.53. The molecule has 1 aromatic carbocycles. The fraction of sp³-hybridized carbons (Fsp3) is 0.500. The maximum Gasteiger partial charge on any atom is 0.508 e. The summed E-state index contributed by atoms with van der Waals surface area (Å²) in [5, 5.41) is 3.42. The minimum absolute atomic E-state index is 0.329. The molecule has 0 fully saturated rings. The van der Waals surface area contributed by atoms with Gasteiger partial charge in [-0.2, -0.15) is 0 Å². The fourth-order valence-corrected chi connectivity index (χ4v) is 3.01. The number of fused-ring (bicyclic) bond motifs is 1. The zero-order valence-corrected chi connectivity index (χ0v) is 15.1. The van der Waals surface area contributed by atoms with Crippen molar-refractivity contribution in [2.24, 2.45) is 0 Å². The van der Waals surface area contributed by atoms with Crippen LogP contribution in [0, 0.1) is 0 Å². The number of rotatable bonds is 10. The zero-order valence-electron chi connectivity index (χ0n) is 14.3. The van der Waals surface area contributed by atoms with Crippen molar-refractivity contribution in [3.8, 4) is 0 Å². The monoisotopic (exact) mass is 351 g/mol. The summed E-state index contributed by atoms with van der Waals surface area (Å²) in [5.74, 6) is 0. The molecule has 0 saturated heterocycles. The standard InChI is InChI=1S/C18H25NO4S/c1-3-22-18(20)23-12-9-19(2)8-11-21-10-6-15-4-5-17-16(14-15)7-13-24-17/h4-5,7,13-14H,3,6,8-12H2,1-2H3. The maximum atomic E-state index is 11.0. The number of hydrogen-bond donors (Lipinski definition) is 0. The van der Waals surface area contributed by atoms with E-state index in [0.717, 1.165) is 13.0 Å². The molecule has 0 saturated carbocycles. The molecular formula is C18H25NO4S. The van der Waals surface area contributed by atoms with E-state index in [2.05, 4.69) is 34.5 Å². The van der Waals surface area contributed by atoms with Crippen molar-refractivity contribution in [1.82, 2.24) is 4.90 Å². The van der Waals surface area contributed by atoms with Gasteiger partial charge in [0, 0.05) is 17.8 Å². The number of ether oxygens (including phenoxy) is 3. The second-order valence-corrected chi connectivity index (χ2v) is 6.44. The second-order valence-electron chi connectivity index (χ2n) is 5.49. The molecule has 0 amide bonds. The Morgan fingerprint density at radius 3 is 2.79 bits per heavy atom. The highest BCUT2D eigenvalue weighted by molar-refractivity contribution is 7.17. The molecule has 0 radical (unpaired) electrons. The zero-order chi connectivity index (χ0) is 17.2. The summed E-state index contributed by atoms with van der Waals surface area (Å²) < 4.78 is 16.6. The molecule has 5 nitrogen and oxygen atoms in total. The van der Waals surface area contributed by atoms with Crippen molar-refractivity contribution >= 4 is 27.6 Å². The number of hydrogen-bond acceptors (Lipinski definition) is 6. The predicted molar refractivity (Wildman–Crippen MR) is 96.8 cm³/mol. The van der Waals surface area contributed by atoms with Crippen LogP contribution < -0.4 is 0 Å². The highest BCUT2D eigenvalue weighted by Gasteiger charge is 2.04. The summed E-state index contributed by atoms with van der Waals surface area (Å²) >= 11 is 1.77. The summed E-state index contributed by atoms with van der Waals surface area (Å²) in [6, 6.07) is 8.72. The van der Waals surface area contributed by atoms with E-state index in [4.69, 9.17) is 14.2 Å². The molecule has 2 aromatic rings. The molecule has 24 heavy (non-hydrogen) atoms. The first kappa shape index (κ1) is 18.7. The molecule has 132 valence electrons. The van der Waals surface area contributed by atoms with Gasteiger partial charge in [-0.1, -0.05) is 12.1 Å². The van der Waals surface area contributed by atoms with Crippen molar-refractivity contribution in [3.63, 3.8) is 0 Å². The summed E-state index contributed by atoms with van der Waals surface area (Å²) in [4.78, 5) is 13.1. The lowest BCUT2D eigenvalue weighted by Crippen LogP contribution is -2.28. The summed E-state index contributed by atoms with van der Waals surface area (Å²) in [7, 11) is 1.97. The predicted octanol–water partition coefficient (Wildman–Crippen LogP) is 3.57. The first-order chi connectivity index (χ1) is 11.7. The third-order valence-corrected chi connectivity index (χ3v) is 4.52. The first-order valence-electron chi connectivity index (χ1n) is 8.21. The van der Waals surface area contributed by atoms with E-state index in [1.807, 2.05) is 7.05 Å². The van der Waals surface area contributed by atoms with Gasteiger partial charge in [-0.15, -0.1) is 11.3 Å². The lowest BCUT2D eigenvalue weighted by molar-refractivity contribution is 0.0498. The average Bonchev–Trinajstić information content (AvgIpc) is 3.02. The van der Waals surface area contributed by atoms with Crippen LogP contribution in [0.3, 0.4) is 0 Å². The van der Waals surface area contributed by atoms with Gasteiger partial charge in [-0.3, -0.25) is 0 Å². The Morgan fingerprint density at radius 2 is 1.96 bits per heavy atom. The minimum atomic E-state index is -0.607. The van der Waals surface area contributed by atoms with Gasteiger partial charge in [-0.25, -0.2) is 4.79 Å². The molecule has 2 rings (SSSR count). The molecule has 0 N–H and O–H groups in total. The van der Waals surface area contributed by atoms with Crippen LogP contribution >= 0.6 is 11.3 Å². The molecule has 0 spiro atoms. The number of benzene rings is 1. The SMILES string of the molecule is CCOC(=O)OCCN(C)CCOCCc1ccc2sccc2c1. The molecule has 1 heterocycles. The van der Waals surface area contributed by atoms with Crippen molar-refractivity contribution in [3.05, 3.63) is 35.2 Å². The Bertz CT molecular complexity index is 628. The molecule has 0 aliphatic heterocycles. The van der Waals surface area contributed by atoms with E-state index in [1.54, 1.807) is 18.3 Å². The van der Waals surface area contributed by atoms with E-state index in [9.17, 15) is 4.79 Å². The molecule has 0 aliphatic rings. The Kier molecular flexibility index (Phi) is 8.01. The lowest BCUT2D eigenvalue weighted by atomic mass is 10.1. The van der Waals surface area contributed by atoms with Gasteiger partial charge in [0.15, 0.2) is 0 Å². The minimum Gasteiger partial charge on any atom is -0.435 e. The topological polar surface area (TPSA) is 48.0 Å². The number of thiophene rings is 1. The van der Waals surface area contributed by atoms with Crippen LogP contribution in [0.5, 0.6) is 0 Å². The van der Waals surface area contributed by atoms with E-state index >= 15 is 0 Å². The van der Waals surface area contributed by atoms with Gasteiger partial charge >= 0.3 is 6.16 Å². The van der Waals surface area contributed by atoms with Gasteiger partial charge in [0.2, 0.25) is 0 Å². The maximum absolute atomic E-state index is 11.0. The smallest absolute Gasteiger partial charge is 0.435 e. The molecule has 0 atom stereocenters. The second kappa shape index (κ2) is 10.3. The Labute approximate surface area is 147 Å². The number of carbonyl (C=O) groups is 1. The number of likely N-dealkylation sites (N-methyl/N-ethyl adjacent to an activating group) is 1. The summed E-state index contributed by atoms with van der Waals surface area (Å²) in [6.45, 7) is 5.26. The van der Waals surface area contributed by atoms with Gasteiger partial charge in [-0.05, 0) is 48.9 Å². The molecule has 0 aliphatic carbocycles. The first-order valence-corrected chi connectivity index (χ1v) is 9.09. The number of nitrogens with zero attached hydrogens (tertiary/aromatic N) is 1. The quantitative estimate of drug-likeness (QED) is 0.484. The van der Waals surface area contributed by atoms with Crippen molar-refractivity contribution in [1.29, 1.82) is 0 Å².